The fourth-order valence-electron chi connectivity index (χ4n) is 5.91. The summed E-state index contributed by atoms with van der Waals surface area (Å²) in [6, 6.07) is 17.5. The number of H-pyrrole nitrogens is 2. The lowest BCUT2D eigenvalue weighted by atomic mass is 9.94. The summed E-state index contributed by atoms with van der Waals surface area (Å²) >= 11 is 0. The van der Waals surface area contributed by atoms with E-state index in [-0.39, 0.29) is 5.92 Å². The van der Waals surface area contributed by atoms with Crippen LogP contribution in [0.4, 0.5) is 0 Å². The first-order valence-electron chi connectivity index (χ1n) is 13.8. The zero-order valence-electron chi connectivity index (χ0n) is 22.8. The van der Waals surface area contributed by atoms with Crippen LogP contribution in [0.15, 0.2) is 60.9 Å². The molecule has 7 nitrogen and oxygen atoms in total. The number of ether oxygens (including phenoxy) is 1. The molecule has 7 aromatic rings. The highest BCUT2D eigenvalue weighted by atomic mass is 16.5. The molecule has 1 aliphatic rings. The molecule has 0 unspecified atom stereocenters. The summed E-state index contributed by atoms with van der Waals surface area (Å²) in [6.45, 7) is 9.06. The van der Waals surface area contributed by atoms with Crippen molar-refractivity contribution in [1.82, 2.24) is 30.1 Å². The molecule has 0 radical (unpaired) electrons. The average Bonchev–Trinajstić information content (AvgIpc) is 3.63. The van der Waals surface area contributed by atoms with Crippen molar-refractivity contribution in [1.29, 1.82) is 0 Å². The van der Waals surface area contributed by atoms with Crippen LogP contribution in [0.1, 0.15) is 56.9 Å². The summed E-state index contributed by atoms with van der Waals surface area (Å²) in [7, 11) is 0. The quantitative estimate of drug-likeness (QED) is 0.228. The summed E-state index contributed by atoms with van der Waals surface area (Å²) in [6.07, 6.45) is 3.82. The lowest BCUT2D eigenvalue weighted by Crippen LogP contribution is -2.05. The second kappa shape index (κ2) is 8.36. The number of hydrogen-bond acceptors (Lipinski definition) is 5. The maximum absolute atomic E-state index is 6.27. The van der Waals surface area contributed by atoms with Crippen molar-refractivity contribution in [2.24, 2.45) is 0 Å². The van der Waals surface area contributed by atoms with E-state index in [1.54, 1.807) is 0 Å². The van der Waals surface area contributed by atoms with Crippen LogP contribution in [0.25, 0.3) is 65.7 Å². The van der Waals surface area contributed by atoms with E-state index < -0.39 is 0 Å². The average molecular weight is 525 g/mol. The molecule has 0 saturated heterocycles. The number of imidazole rings is 2. The van der Waals surface area contributed by atoms with Crippen LogP contribution in [-0.2, 0) is 6.61 Å². The molecule has 3 aromatic heterocycles. The van der Waals surface area contributed by atoms with Crippen molar-refractivity contribution in [3.05, 3.63) is 78.3 Å². The summed E-state index contributed by atoms with van der Waals surface area (Å²) in [4.78, 5) is 18.2. The normalized spacial score (nSPS) is 13.1. The van der Waals surface area contributed by atoms with E-state index in [2.05, 4.69) is 91.4 Å². The van der Waals surface area contributed by atoms with E-state index in [1.165, 1.54) is 0 Å². The van der Waals surface area contributed by atoms with Gasteiger partial charge in [-0.15, -0.1) is 0 Å². The Labute approximate surface area is 230 Å². The van der Waals surface area contributed by atoms with Crippen LogP contribution < -0.4 is 4.74 Å². The minimum absolute atomic E-state index is 0.254. The van der Waals surface area contributed by atoms with Crippen molar-refractivity contribution in [2.75, 3.05) is 0 Å². The molecule has 8 rings (SSSR count). The third-order valence-corrected chi connectivity index (χ3v) is 8.04. The Hall–Kier alpha value is -4.78. The van der Waals surface area contributed by atoms with Crippen LogP contribution in [0, 0.1) is 0 Å². The molecular weight excluding hydrogens is 496 g/mol. The first-order valence-corrected chi connectivity index (χ1v) is 13.8. The number of fused-ring (bicyclic) bond motifs is 11. The van der Waals surface area contributed by atoms with Gasteiger partial charge in [-0.25, -0.2) is 15.0 Å². The standard InChI is InChI=1S/C33H28N6O/c1-16(2)32-36-27-15-40-31-21-8-5-18(11-20(21)7-10-23(31)28(27)37-32)19-6-9-22-24(12-19)25-13-34-35-14-26(25)30-29(22)38-33(39-30)17(3)4/h5-14,16-17,34H,15H2,1-4H3,(H,36,37). The summed E-state index contributed by atoms with van der Waals surface area (Å²) < 4.78 is 6.27. The number of nitrogens with one attached hydrogen (secondary N) is 2. The molecule has 4 aromatic carbocycles. The highest BCUT2D eigenvalue weighted by molar-refractivity contribution is 6.23. The first-order chi connectivity index (χ1) is 19.5. The maximum atomic E-state index is 6.27. The minimum Gasteiger partial charge on any atom is -0.486 e. The van der Waals surface area contributed by atoms with Crippen molar-refractivity contribution in [3.63, 3.8) is 0 Å². The molecule has 0 amide bonds. The Morgan fingerprint density at radius 2 is 1.52 bits per heavy atom. The molecule has 7 heteroatoms. The van der Waals surface area contributed by atoms with E-state index in [4.69, 9.17) is 19.7 Å². The van der Waals surface area contributed by atoms with Gasteiger partial charge in [-0.3, -0.25) is 5.10 Å². The SMILES string of the molecule is CC(C)c1nc2c3ccc(-c4ccc5c6c(ccc5c4)-c4nc(C(C)C)[nH]c4CO6)cc3c3c[nH]ncc3c2n1. The lowest BCUT2D eigenvalue weighted by Gasteiger charge is -2.19. The molecule has 0 aliphatic carbocycles. The molecule has 196 valence electrons. The number of rotatable bonds is 3. The van der Waals surface area contributed by atoms with Gasteiger partial charge in [0.25, 0.3) is 0 Å². The molecule has 0 spiro atoms. The van der Waals surface area contributed by atoms with Crippen LogP contribution in [-0.4, -0.2) is 30.1 Å². The van der Waals surface area contributed by atoms with Gasteiger partial charge in [0.1, 0.15) is 29.5 Å². The Bertz CT molecular complexity index is 2140. The van der Waals surface area contributed by atoms with Gasteiger partial charge in [-0.05, 0) is 40.1 Å². The van der Waals surface area contributed by atoms with Gasteiger partial charge < -0.3 is 9.72 Å². The van der Waals surface area contributed by atoms with E-state index >= 15 is 0 Å². The van der Waals surface area contributed by atoms with Gasteiger partial charge in [0.2, 0.25) is 0 Å². The Morgan fingerprint density at radius 3 is 2.33 bits per heavy atom. The topological polar surface area (TPSA) is 92.4 Å². The van der Waals surface area contributed by atoms with Gasteiger partial charge in [-0.1, -0.05) is 58.0 Å². The Balaban J connectivity index is 1.28. The van der Waals surface area contributed by atoms with Crippen molar-refractivity contribution in [2.45, 2.75) is 46.1 Å². The summed E-state index contributed by atoms with van der Waals surface area (Å²) in [5, 5.41) is 13.9. The van der Waals surface area contributed by atoms with Crippen LogP contribution >= 0.6 is 0 Å². The first kappa shape index (κ1) is 23.1. The van der Waals surface area contributed by atoms with Crippen LogP contribution in [0.5, 0.6) is 5.75 Å². The third kappa shape index (κ3) is 3.30. The van der Waals surface area contributed by atoms with E-state index in [0.717, 1.165) is 88.8 Å². The number of benzene rings is 4. The summed E-state index contributed by atoms with van der Waals surface area (Å²) in [5.74, 6) is 3.36. The lowest BCUT2D eigenvalue weighted by molar-refractivity contribution is 0.301. The van der Waals surface area contributed by atoms with Crippen molar-refractivity contribution >= 4 is 43.4 Å². The number of hydrogen-bond donors (Lipinski definition) is 2. The fraction of sp³-hybridized carbons (Fsp3) is 0.212. The van der Waals surface area contributed by atoms with Crippen LogP contribution in [0.2, 0.25) is 0 Å². The monoisotopic (exact) mass is 524 g/mol. The van der Waals surface area contributed by atoms with Gasteiger partial charge in [0, 0.05) is 45.1 Å². The zero-order chi connectivity index (χ0) is 27.1. The van der Waals surface area contributed by atoms with E-state index in [1.807, 2.05) is 12.4 Å². The highest BCUT2D eigenvalue weighted by Gasteiger charge is 2.24. The van der Waals surface area contributed by atoms with E-state index in [0.29, 0.717) is 12.5 Å². The smallest absolute Gasteiger partial charge is 0.137 e. The molecule has 1 aliphatic heterocycles. The third-order valence-electron chi connectivity index (χ3n) is 8.04. The second-order valence-corrected chi connectivity index (χ2v) is 11.3. The Morgan fingerprint density at radius 1 is 0.750 bits per heavy atom. The molecule has 0 bridgehead atoms. The fourth-order valence-corrected chi connectivity index (χ4v) is 5.91. The number of nitrogens with zero attached hydrogens (tertiary/aromatic N) is 4. The summed E-state index contributed by atoms with van der Waals surface area (Å²) in [5.41, 5.74) is 7.24. The maximum Gasteiger partial charge on any atom is 0.137 e. The van der Waals surface area contributed by atoms with Gasteiger partial charge in [-0.2, -0.15) is 5.10 Å². The molecule has 40 heavy (non-hydrogen) atoms. The second-order valence-electron chi connectivity index (χ2n) is 11.3. The number of aromatic nitrogens is 6. The molecule has 0 atom stereocenters. The van der Waals surface area contributed by atoms with Crippen molar-refractivity contribution in [3.8, 4) is 28.1 Å². The molecule has 0 fully saturated rings. The molecular formula is C33H28N6O. The molecule has 4 heterocycles. The van der Waals surface area contributed by atoms with Gasteiger partial charge in [0.15, 0.2) is 0 Å². The zero-order valence-corrected chi connectivity index (χ0v) is 22.8. The minimum atomic E-state index is 0.254. The van der Waals surface area contributed by atoms with E-state index in [9.17, 15) is 0 Å². The van der Waals surface area contributed by atoms with Crippen molar-refractivity contribution < 1.29 is 4.74 Å². The molecule has 2 N–H and O–H groups in total. The Kier molecular flexibility index (Phi) is 4.83. The highest BCUT2D eigenvalue weighted by Crippen LogP contribution is 2.43. The number of aromatic amines is 2. The van der Waals surface area contributed by atoms with Gasteiger partial charge in [0.05, 0.1) is 23.1 Å². The van der Waals surface area contributed by atoms with Crippen LogP contribution in [0.3, 0.4) is 0 Å². The molecule has 0 saturated carbocycles. The largest absolute Gasteiger partial charge is 0.486 e. The predicted molar refractivity (Wildman–Crippen MR) is 160 cm³/mol. The predicted octanol–water partition coefficient (Wildman–Crippen LogP) is 8.01. The van der Waals surface area contributed by atoms with Gasteiger partial charge >= 0.3 is 0 Å².